The lowest BCUT2D eigenvalue weighted by molar-refractivity contribution is -0.142. The summed E-state index contributed by atoms with van der Waals surface area (Å²) in [6.07, 6.45) is 3.06. The molecule has 0 N–H and O–H groups in total. The number of hydrogen-bond donors (Lipinski definition) is 0. The van der Waals surface area contributed by atoms with Gasteiger partial charge in [-0.15, -0.1) is 0 Å². The second kappa shape index (κ2) is 7.79. The predicted octanol–water partition coefficient (Wildman–Crippen LogP) is 3.73. The van der Waals surface area contributed by atoms with Gasteiger partial charge < -0.3 is 14.2 Å². The molecule has 0 spiro atoms. The first-order chi connectivity index (χ1) is 11.3. The van der Waals surface area contributed by atoms with Crippen LogP contribution >= 0.6 is 0 Å². The van der Waals surface area contributed by atoms with Crippen LogP contribution in [0.1, 0.15) is 58.1 Å². The van der Waals surface area contributed by atoms with Crippen LogP contribution in [0.5, 0.6) is 5.75 Å². The molecular weight excluding hydrogens is 308 g/mol. The van der Waals surface area contributed by atoms with Crippen LogP contribution in [-0.4, -0.2) is 18.5 Å². The third kappa shape index (κ3) is 4.81. The molecule has 2 atom stereocenters. The molecule has 5 nitrogen and oxygen atoms in total. The summed E-state index contributed by atoms with van der Waals surface area (Å²) >= 11 is 0. The molecule has 0 bridgehead atoms. The van der Waals surface area contributed by atoms with E-state index in [0.29, 0.717) is 18.3 Å². The van der Waals surface area contributed by atoms with Crippen molar-refractivity contribution in [2.75, 3.05) is 6.61 Å². The van der Waals surface area contributed by atoms with E-state index in [1.54, 1.807) is 6.07 Å². The van der Waals surface area contributed by atoms with E-state index in [9.17, 15) is 9.59 Å². The lowest BCUT2D eigenvalue weighted by Crippen LogP contribution is -2.27. The van der Waals surface area contributed by atoms with Crippen LogP contribution in [0.25, 0.3) is 0 Å². The van der Waals surface area contributed by atoms with Crippen molar-refractivity contribution < 1.29 is 23.8 Å². The zero-order chi connectivity index (χ0) is 17.7. The lowest BCUT2D eigenvalue weighted by atomic mass is 9.89. The number of carbonyl (C=O) groups excluding carboxylic acids is 2. The molecule has 1 aliphatic heterocycles. The van der Waals surface area contributed by atoms with E-state index in [4.69, 9.17) is 14.2 Å². The van der Waals surface area contributed by atoms with Crippen molar-refractivity contribution in [3.8, 4) is 5.75 Å². The van der Waals surface area contributed by atoms with Crippen LogP contribution in [0.2, 0.25) is 0 Å². The van der Waals surface area contributed by atoms with E-state index in [-0.39, 0.29) is 18.5 Å². The van der Waals surface area contributed by atoms with Crippen molar-refractivity contribution in [1.29, 1.82) is 0 Å². The van der Waals surface area contributed by atoms with Gasteiger partial charge in [0.05, 0.1) is 12.2 Å². The van der Waals surface area contributed by atoms with Gasteiger partial charge >= 0.3 is 11.9 Å². The van der Waals surface area contributed by atoms with Gasteiger partial charge in [-0.25, -0.2) is 0 Å². The van der Waals surface area contributed by atoms with E-state index in [2.05, 4.69) is 6.92 Å². The minimum atomic E-state index is -0.491. The second-order valence-electron chi connectivity index (χ2n) is 6.74. The Balaban J connectivity index is 2.32. The Morgan fingerprint density at radius 3 is 2.71 bits per heavy atom. The number of ether oxygens (including phenoxy) is 3. The van der Waals surface area contributed by atoms with Crippen LogP contribution in [0.15, 0.2) is 18.2 Å². The van der Waals surface area contributed by atoms with Gasteiger partial charge in [-0.1, -0.05) is 19.1 Å². The summed E-state index contributed by atoms with van der Waals surface area (Å²) in [4.78, 5) is 22.5. The van der Waals surface area contributed by atoms with Crippen molar-refractivity contribution in [2.45, 2.75) is 59.2 Å². The van der Waals surface area contributed by atoms with Crippen LogP contribution in [0, 0.1) is 5.92 Å². The molecule has 1 aromatic carbocycles. The van der Waals surface area contributed by atoms with E-state index < -0.39 is 5.60 Å². The average molecular weight is 334 g/mol. The highest BCUT2D eigenvalue weighted by molar-refractivity contribution is 5.70. The van der Waals surface area contributed by atoms with Gasteiger partial charge in [0.1, 0.15) is 12.4 Å². The highest BCUT2D eigenvalue weighted by Crippen LogP contribution is 2.40. The fraction of sp³-hybridized carbons (Fsp3) is 0.579. The topological polar surface area (TPSA) is 61.8 Å². The molecule has 1 heterocycles. The molecular formula is C19H26O5. The third-order valence-electron chi connectivity index (χ3n) is 4.35. The molecule has 5 heteroatoms. The Kier molecular flexibility index (Phi) is 5.99. The maximum absolute atomic E-state index is 11.5. The Bertz CT molecular complexity index is 610. The molecule has 2 unspecified atom stereocenters. The molecule has 1 aliphatic rings. The van der Waals surface area contributed by atoms with Gasteiger partial charge in [0.2, 0.25) is 0 Å². The molecule has 0 radical (unpaired) electrons. The van der Waals surface area contributed by atoms with Crippen LogP contribution in [-0.2, 0) is 31.3 Å². The number of rotatable bonds is 4. The first-order valence-corrected chi connectivity index (χ1v) is 8.39. The highest BCUT2D eigenvalue weighted by Gasteiger charge is 2.33. The molecule has 1 aromatic rings. The van der Waals surface area contributed by atoms with E-state index in [1.165, 1.54) is 13.8 Å². The van der Waals surface area contributed by atoms with Gasteiger partial charge in [-0.2, -0.15) is 0 Å². The Morgan fingerprint density at radius 2 is 2.04 bits per heavy atom. The van der Waals surface area contributed by atoms with Gasteiger partial charge in [-0.05, 0) is 43.7 Å². The monoisotopic (exact) mass is 334 g/mol. The number of hydrogen-bond acceptors (Lipinski definition) is 5. The summed E-state index contributed by atoms with van der Waals surface area (Å²) in [5, 5.41) is 0. The summed E-state index contributed by atoms with van der Waals surface area (Å²) in [6, 6.07) is 5.55. The van der Waals surface area contributed by atoms with Gasteiger partial charge in [0.15, 0.2) is 0 Å². The fourth-order valence-electron chi connectivity index (χ4n) is 3.00. The summed E-state index contributed by atoms with van der Waals surface area (Å²) in [5.41, 5.74) is 1.14. The summed E-state index contributed by atoms with van der Waals surface area (Å²) in [7, 11) is 0. The average Bonchev–Trinajstić information content (AvgIpc) is 2.67. The predicted molar refractivity (Wildman–Crippen MR) is 89.5 cm³/mol. The van der Waals surface area contributed by atoms with Crippen molar-refractivity contribution in [2.24, 2.45) is 5.92 Å². The van der Waals surface area contributed by atoms with E-state index in [0.717, 1.165) is 30.4 Å². The molecule has 0 amide bonds. The molecule has 0 aliphatic carbocycles. The first-order valence-electron chi connectivity index (χ1n) is 8.39. The molecule has 0 saturated carbocycles. The lowest BCUT2D eigenvalue weighted by Gasteiger charge is -2.30. The van der Waals surface area contributed by atoms with E-state index in [1.807, 2.05) is 19.1 Å². The van der Waals surface area contributed by atoms with Crippen molar-refractivity contribution in [1.82, 2.24) is 0 Å². The number of esters is 2. The third-order valence-corrected chi connectivity index (χ3v) is 4.35. The van der Waals surface area contributed by atoms with Crippen molar-refractivity contribution in [3.05, 3.63) is 29.3 Å². The SMILES string of the molecule is CC(=O)OCc1ccc(C2(C)CCCC(C)CO2)c(OC(C)=O)c1. The molecule has 0 aromatic heterocycles. The van der Waals surface area contributed by atoms with Crippen LogP contribution in [0.4, 0.5) is 0 Å². The minimum Gasteiger partial charge on any atom is -0.461 e. The zero-order valence-electron chi connectivity index (χ0n) is 14.9. The molecule has 1 saturated heterocycles. The summed E-state index contributed by atoms with van der Waals surface area (Å²) in [5.74, 6) is 0.268. The fourth-order valence-corrected chi connectivity index (χ4v) is 3.00. The molecule has 2 rings (SSSR count). The smallest absolute Gasteiger partial charge is 0.308 e. The normalized spacial score (nSPS) is 24.1. The zero-order valence-corrected chi connectivity index (χ0v) is 14.9. The van der Waals surface area contributed by atoms with Crippen LogP contribution < -0.4 is 4.74 Å². The Morgan fingerprint density at radius 1 is 1.29 bits per heavy atom. The van der Waals surface area contributed by atoms with Gasteiger partial charge in [-0.3, -0.25) is 9.59 Å². The standard InChI is InChI=1S/C19H26O5/c1-13-6-5-9-19(4,23-11-13)17-8-7-16(12-22-14(2)20)10-18(17)24-15(3)21/h7-8,10,13H,5-6,9,11-12H2,1-4H3. The largest absolute Gasteiger partial charge is 0.461 e. The van der Waals surface area contributed by atoms with Crippen LogP contribution in [0.3, 0.4) is 0 Å². The quantitative estimate of drug-likeness (QED) is 0.620. The van der Waals surface area contributed by atoms with E-state index >= 15 is 0 Å². The highest BCUT2D eigenvalue weighted by atomic mass is 16.5. The molecule has 132 valence electrons. The summed E-state index contributed by atoms with van der Waals surface area (Å²) in [6.45, 7) is 7.80. The molecule has 24 heavy (non-hydrogen) atoms. The van der Waals surface area contributed by atoms with Gasteiger partial charge in [0, 0.05) is 19.4 Å². The number of carbonyl (C=O) groups is 2. The Labute approximate surface area is 143 Å². The minimum absolute atomic E-state index is 0.151. The first kappa shape index (κ1) is 18.5. The van der Waals surface area contributed by atoms with Crippen molar-refractivity contribution >= 4 is 11.9 Å². The Hall–Kier alpha value is -1.88. The maximum atomic E-state index is 11.5. The van der Waals surface area contributed by atoms with Gasteiger partial charge in [0.25, 0.3) is 0 Å². The second-order valence-corrected chi connectivity index (χ2v) is 6.74. The maximum Gasteiger partial charge on any atom is 0.308 e. The van der Waals surface area contributed by atoms with Crippen molar-refractivity contribution in [3.63, 3.8) is 0 Å². The summed E-state index contributed by atoms with van der Waals surface area (Å²) < 4.78 is 16.6. The number of benzene rings is 1. The molecule has 1 fully saturated rings.